The average Bonchev–Trinajstić information content (AvgIpc) is 3.48. The predicted octanol–water partition coefficient (Wildman–Crippen LogP) is 12.1. The van der Waals surface area contributed by atoms with Crippen LogP contribution in [-0.4, -0.2) is 0 Å². The number of nitrogens with zero attached hydrogens (tertiary/aromatic N) is 1. The van der Waals surface area contributed by atoms with Gasteiger partial charge in [-0.2, -0.15) is 0 Å². The normalized spacial score (nSPS) is 11.6. The Kier molecular flexibility index (Phi) is 5.54. The molecule has 2 nitrogen and oxygen atoms in total. The van der Waals surface area contributed by atoms with Crippen LogP contribution < -0.4 is 4.90 Å². The topological polar surface area (TPSA) is 16.4 Å². The Morgan fingerprint density at radius 3 is 1.43 bits per heavy atom. The van der Waals surface area contributed by atoms with E-state index in [-0.39, 0.29) is 0 Å². The molecule has 1 heterocycles. The van der Waals surface area contributed by atoms with Gasteiger partial charge in [0.2, 0.25) is 0 Å². The molecule has 0 spiro atoms. The molecular weight excluding hydrogens is 534 g/mol. The summed E-state index contributed by atoms with van der Waals surface area (Å²) in [6.07, 6.45) is 0. The fourth-order valence-electron chi connectivity index (χ4n) is 6.77. The number of rotatable bonds is 5. The highest BCUT2D eigenvalue weighted by atomic mass is 16.3. The van der Waals surface area contributed by atoms with Gasteiger partial charge >= 0.3 is 0 Å². The number of benzene rings is 8. The quantitative estimate of drug-likeness (QED) is 0.194. The van der Waals surface area contributed by atoms with Crippen LogP contribution in [0.3, 0.4) is 0 Å². The van der Waals surface area contributed by atoms with Crippen LogP contribution in [-0.2, 0) is 0 Å². The van der Waals surface area contributed by atoms with E-state index in [4.69, 9.17) is 4.42 Å². The first-order chi connectivity index (χ1) is 21.8. The van der Waals surface area contributed by atoms with Crippen LogP contribution in [0.4, 0.5) is 17.1 Å². The number of fused-ring (bicyclic) bond motifs is 3. The first kappa shape index (κ1) is 24.7. The number of hydrogen-bond donors (Lipinski definition) is 0. The number of para-hydroxylation sites is 1. The van der Waals surface area contributed by atoms with Gasteiger partial charge in [0, 0.05) is 28.2 Å². The van der Waals surface area contributed by atoms with Crippen LogP contribution in [0, 0.1) is 0 Å². The summed E-state index contributed by atoms with van der Waals surface area (Å²) in [7, 11) is 0. The average molecular weight is 562 g/mol. The van der Waals surface area contributed by atoms with Crippen LogP contribution in [0.25, 0.3) is 65.7 Å². The lowest BCUT2D eigenvalue weighted by molar-refractivity contribution is 0.669. The molecule has 0 bridgehead atoms. The van der Waals surface area contributed by atoms with Crippen molar-refractivity contribution >= 4 is 60.5 Å². The summed E-state index contributed by atoms with van der Waals surface area (Å²) in [5, 5.41) is 7.28. The Balaban J connectivity index is 1.30. The minimum Gasteiger partial charge on any atom is -0.456 e. The molecule has 0 aliphatic heterocycles. The first-order valence-corrected chi connectivity index (χ1v) is 15.0. The van der Waals surface area contributed by atoms with E-state index in [2.05, 4.69) is 169 Å². The summed E-state index contributed by atoms with van der Waals surface area (Å²) in [5.41, 5.74) is 9.82. The Labute approximate surface area is 255 Å². The zero-order chi connectivity index (χ0) is 29.0. The van der Waals surface area contributed by atoms with Gasteiger partial charge in [-0.05, 0) is 86.3 Å². The molecule has 8 aromatic carbocycles. The van der Waals surface area contributed by atoms with Gasteiger partial charge in [0.15, 0.2) is 0 Å². The van der Waals surface area contributed by atoms with E-state index in [1.54, 1.807) is 0 Å². The molecule has 0 aliphatic carbocycles. The molecule has 0 saturated heterocycles. The maximum absolute atomic E-state index is 6.76. The van der Waals surface area contributed by atoms with E-state index in [1.807, 2.05) is 0 Å². The molecule has 0 amide bonds. The second-order valence-corrected chi connectivity index (χ2v) is 11.4. The standard InChI is InChI=1S/C42H27NO/c1-4-12-28(13-5-1)30-20-22-33(23-21-30)43(32-16-8-3-9-17-32)34-26-38-36-19-11-10-18-35(36)37-24-31(29-14-6-2-7-15-29)25-39-41(37)42(38)40(27-34)44-39/h1-27H. The van der Waals surface area contributed by atoms with Crippen molar-refractivity contribution in [3.8, 4) is 22.3 Å². The minimum atomic E-state index is 0.898. The zero-order valence-corrected chi connectivity index (χ0v) is 23.9. The highest BCUT2D eigenvalue weighted by Crippen LogP contribution is 2.47. The maximum atomic E-state index is 6.76. The second-order valence-electron chi connectivity index (χ2n) is 11.4. The highest BCUT2D eigenvalue weighted by Gasteiger charge is 2.22. The molecule has 0 N–H and O–H groups in total. The molecule has 0 fully saturated rings. The second kappa shape index (κ2) is 9.86. The van der Waals surface area contributed by atoms with Gasteiger partial charge in [-0.1, -0.05) is 115 Å². The summed E-state index contributed by atoms with van der Waals surface area (Å²) >= 11 is 0. The molecular formula is C42H27NO. The van der Waals surface area contributed by atoms with E-state index in [0.717, 1.165) is 33.8 Å². The first-order valence-electron chi connectivity index (χ1n) is 15.0. The lowest BCUT2D eigenvalue weighted by Gasteiger charge is -2.26. The van der Waals surface area contributed by atoms with E-state index in [1.165, 1.54) is 49.0 Å². The van der Waals surface area contributed by atoms with Crippen molar-refractivity contribution in [1.29, 1.82) is 0 Å². The van der Waals surface area contributed by atoms with Gasteiger partial charge in [0.25, 0.3) is 0 Å². The van der Waals surface area contributed by atoms with Crippen LogP contribution in [0.2, 0.25) is 0 Å². The minimum absolute atomic E-state index is 0.898. The summed E-state index contributed by atoms with van der Waals surface area (Å²) in [5.74, 6) is 0. The molecule has 0 radical (unpaired) electrons. The summed E-state index contributed by atoms with van der Waals surface area (Å²) in [4.78, 5) is 2.32. The van der Waals surface area contributed by atoms with Crippen molar-refractivity contribution < 1.29 is 4.42 Å². The van der Waals surface area contributed by atoms with Gasteiger partial charge in [0.1, 0.15) is 11.2 Å². The smallest absolute Gasteiger partial charge is 0.138 e. The number of hydrogen-bond acceptors (Lipinski definition) is 2. The Bertz CT molecular complexity index is 2410. The predicted molar refractivity (Wildman–Crippen MR) is 185 cm³/mol. The fraction of sp³-hybridized carbons (Fsp3) is 0. The van der Waals surface area contributed by atoms with Gasteiger partial charge in [-0.3, -0.25) is 0 Å². The van der Waals surface area contributed by atoms with E-state index in [0.29, 0.717) is 0 Å². The van der Waals surface area contributed by atoms with Gasteiger partial charge in [0.05, 0.1) is 5.69 Å². The molecule has 9 rings (SSSR count). The molecule has 9 aromatic rings. The fourth-order valence-corrected chi connectivity index (χ4v) is 6.77. The third-order valence-electron chi connectivity index (χ3n) is 8.78. The monoisotopic (exact) mass is 561 g/mol. The van der Waals surface area contributed by atoms with E-state index >= 15 is 0 Å². The van der Waals surface area contributed by atoms with Crippen molar-refractivity contribution in [1.82, 2.24) is 0 Å². The lowest BCUT2D eigenvalue weighted by Crippen LogP contribution is -2.09. The molecule has 2 heteroatoms. The van der Waals surface area contributed by atoms with E-state index in [9.17, 15) is 0 Å². The molecule has 44 heavy (non-hydrogen) atoms. The van der Waals surface area contributed by atoms with Crippen molar-refractivity contribution in [3.05, 3.63) is 164 Å². The third-order valence-corrected chi connectivity index (χ3v) is 8.78. The van der Waals surface area contributed by atoms with E-state index < -0.39 is 0 Å². The Hall–Kier alpha value is -5.86. The zero-order valence-electron chi connectivity index (χ0n) is 23.9. The molecule has 0 atom stereocenters. The van der Waals surface area contributed by atoms with Crippen LogP contribution in [0.1, 0.15) is 0 Å². The Morgan fingerprint density at radius 2 is 0.795 bits per heavy atom. The highest BCUT2D eigenvalue weighted by molar-refractivity contribution is 6.34. The van der Waals surface area contributed by atoms with Gasteiger partial charge in [-0.15, -0.1) is 0 Å². The maximum Gasteiger partial charge on any atom is 0.138 e. The summed E-state index contributed by atoms with van der Waals surface area (Å²) < 4.78 is 6.76. The summed E-state index contributed by atoms with van der Waals surface area (Å²) in [6, 6.07) is 58.3. The third kappa shape index (κ3) is 3.89. The van der Waals surface area contributed by atoms with Crippen LogP contribution in [0.15, 0.2) is 168 Å². The lowest BCUT2D eigenvalue weighted by atomic mass is 9.91. The number of furan rings is 1. The van der Waals surface area contributed by atoms with Crippen molar-refractivity contribution in [3.63, 3.8) is 0 Å². The molecule has 0 saturated carbocycles. The number of anilines is 3. The summed E-state index contributed by atoms with van der Waals surface area (Å²) in [6.45, 7) is 0. The molecule has 206 valence electrons. The van der Waals surface area contributed by atoms with Crippen LogP contribution >= 0.6 is 0 Å². The van der Waals surface area contributed by atoms with Crippen molar-refractivity contribution in [2.45, 2.75) is 0 Å². The van der Waals surface area contributed by atoms with Gasteiger partial charge < -0.3 is 9.32 Å². The molecule has 0 unspecified atom stereocenters. The van der Waals surface area contributed by atoms with Crippen molar-refractivity contribution in [2.75, 3.05) is 4.90 Å². The van der Waals surface area contributed by atoms with Crippen molar-refractivity contribution in [2.24, 2.45) is 0 Å². The molecule has 1 aromatic heterocycles. The van der Waals surface area contributed by atoms with Crippen LogP contribution in [0.5, 0.6) is 0 Å². The SMILES string of the molecule is c1ccc(-c2ccc(N(c3ccccc3)c3cc4oc5cc(-c6ccccc6)cc6c7ccccc7c(c3)c4c56)cc2)cc1. The Morgan fingerprint density at radius 1 is 0.318 bits per heavy atom. The largest absolute Gasteiger partial charge is 0.456 e. The molecule has 0 aliphatic rings. The van der Waals surface area contributed by atoms with Gasteiger partial charge in [-0.25, -0.2) is 0 Å².